The monoisotopic (exact) mass is 248 g/mol. The van der Waals surface area contributed by atoms with Crippen LogP contribution in [0, 0.1) is 5.92 Å². The third-order valence-electron chi connectivity index (χ3n) is 3.32. The number of carbonyl (C=O) groups excluding carboxylic acids is 1. The molecule has 4 heteroatoms. The van der Waals surface area contributed by atoms with E-state index in [-0.39, 0.29) is 24.5 Å². The molecule has 18 heavy (non-hydrogen) atoms. The smallest absolute Gasteiger partial charge is 0.243 e. The molecular formula is C14H20N2O2. The van der Waals surface area contributed by atoms with Gasteiger partial charge in [0.05, 0.1) is 6.04 Å². The van der Waals surface area contributed by atoms with Crippen molar-refractivity contribution in [3.8, 4) is 0 Å². The zero-order valence-electron chi connectivity index (χ0n) is 10.9. The molecule has 0 aliphatic carbocycles. The molecule has 1 aliphatic heterocycles. The lowest BCUT2D eigenvalue weighted by molar-refractivity contribution is -0.120. The van der Waals surface area contributed by atoms with Gasteiger partial charge in [0.15, 0.2) is 0 Å². The second kappa shape index (κ2) is 5.50. The highest BCUT2D eigenvalue weighted by molar-refractivity contribution is 5.98. The molecule has 1 heterocycles. The first-order chi connectivity index (χ1) is 8.63. The van der Waals surface area contributed by atoms with Crippen molar-refractivity contribution in [2.24, 2.45) is 5.92 Å². The van der Waals surface area contributed by atoms with Crippen LogP contribution >= 0.6 is 0 Å². The molecule has 0 saturated carbocycles. The van der Waals surface area contributed by atoms with E-state index in [1.54, 1.807) is 4.90 Å². The molecule has 4 nitrogen and oxygen atoms in total. The molecule has 0 radical (unpaired) electrons. The molecular weight excluding hydrogens is 228 g/mol. The number of hydrogen-bond acceptors (Lipinski definition) is 3. The van der Waals surface area contributed by atoms with Gasteiger partial charge in [-0.2, -0.15) is 0 Å². The van der Waals surface area contributed by atoms with Crippen molar-refractivity contribution in [1.29, 1.82) is 0 Å². The summed E-state index contributed by atoms with van der Waals surface area (Å²) in [7, 11) is 0. The summed E-state index contributed by atoms with van der Waals surface area (Å²) in [6.07, 6.45) is 0. The van der Waals surface area contributed by atoms with Crippen LogP contribution in [0.15, 0.2) is 24.3 Å². The maximum Gasteiger partial charge on any atom is 0.243 e. The first-order valence-corrected chi connectivity index (χ1v) is 6.37. The maximum atomic E-state index is 12.3. The summed E-state index contributed by atoms with van der Waals surface area (Å²) in [4.78, 5) is 14.1. The van der Waals surface area contributed by atoms with Crippen LogP contribution in [-0.2, 0) is 11.3 Å². The molecule has 0 spiro atoms. The molecule has 0 aromatic heterocycles. The molecule has 0 saturated heterocycles. The number of fused-ring (bicyclic) bond motifs is 1. The molecule has 0 bridgehead atoms. The molecule has 1 aromatic carbocycles. The number of nitrogens with zero attached hydrogens (tertiary/aromatic N) is 1. The molecule has 1 aliphatic rings. The Morgan fingerprint density at radius 2 is 2.22 bits per heavy atom. The Labute approximate surface area is 108 Å². The van der Waals surface area contributed by atoms with Crippen molar-refractivity contribution in [3.05, 3.63) is 29.8 Å². The summed E-state index contributed by atoms with van der Waals surface area (Å²) in [5, 5.41) is 12.4. The van der Waals surface area contributed by atoms with Crippen molar-refractivity contribution >= 4 is 11.6 Å². The lowest BCUT2D eigenvalue weighted by Gasteiger charge is -2.26. The largest absolute Gasteiger partial charge is 0.396 e. The topological polar surface area (TPSA) is 52.6 Å². The number of anilines is 1. The normalized spacial score (nSPS) is 21.4. The third kappa shape index (κ3) is 2.54. The number of hydrogen-bond donors (Lipinski definition) is 2. The highest BCUT2D eigenvalue weighted by Crippen LogP contribution is 2.24. The number of carbonyl (C=O) groups is 1. The van der Waals surface area contributed by atoms with Crippen LogP contribution in [0.3, 0.4) is 0 Å². The molecule has 2 atom stereocenters. The van der Waals surface area contributed by atoms with Gasteiger partial charge in [0.2, 0.25) is 5.91 Å². The summed E-state index contributed by atoms with van der Waals surface area (Å²) >= 11 is 0. The molecule has 0 fully saturated rings. The standard InChI is InChI=1S/C14H20N2O2/c1-10(9-17)8-16-13-6-4-3-5-12(13)7-15-11(2)14(16)18/h3-6,10-11,15,17H,7-9H2,1-2H3. The number of rotatable bonds is 3. The lowest BCUT2D eigenvalue weighted by atomic mass is 10.1. The minimum atomic E-state index is -0.191. The van der Waals surface area contributed by atoms with Gasteiger partial charge in [-0.3, -0.25) is 4.79 Å². The van der Waals surface area contributed by atoms with E-state index >= 15 is 0 Å². The van der Waals surface area contributed by atoms with E-state index in [1.165, 1.54) is 0 Å². The fourth-order valence-corrected chi connectivity index (χ4v) is 2.18. The van der Waals surface area contributed by atoms with Crippen LogP contribution in [0.4, 0.5) is 5.69 Å². The van der Waals surface area contributed by atoms with E-state index in [4.69, 9.17) is 0 Å². The van der Waals surface area contributed by atoms with E-state index in [9.17, 15) is 9.90 Å². The van der Waals surface area contributed by atoms with Gasteiger partial charge in [0.1, 0.15) is 0 Å². The first kappa shape index (κ1) is 13.1. The van der Waals surface area contributed by atoms with E-state index in [1.807, 2.05) is 38.1 Å². The number of benzene rings is 1. The fourth-order valence-electron chi connectivity index (χ4n) is 2.18. The van der Waals surface area contributed by atoms with Crippen molar-refractivity contribution < 1.29 is 9.90 Å². The third-order valence-corrected chi connectivity index (χ3v) is 3.32. The number of nitrogens with one attached hydrogen (secondary N) is 1. The molecule has 2 unspecified atom stereocenters. The molecule has 1 aromatic rings. The van der Waals surface area contributed by atoms with Gasteiger partial charge in [-0.25, -0.2) is 0 Å². The Kier molecular flexibility index (Phi) is 3.99. The van der Waals surface area contributed by atoms with E-state index < -0.39 is 0 Å². The quantitative estimate of drug-likeness (QED) is 0.843. The zero-order valence-corrected chi connectivity index (χ0v) is 10.9. The van der Waals surface area contributed by atoms with E-state index in [0.29, 0.717) is 13.1 Å². The van der Waals surface area contributed by atoms with Gasteiger partial charge in [-0.05, 0) is 24.5 Å². The van der Waals surface area contributed by atoms with Crippen LogP contribution in [-0.4, -0.2) is 30.2 Å². The highest BCUT2D eigenvalue weighted by Gasteiger charge is 2.27. The number of para-hydroxylation sites is 1. The van der Waals surface area contributed by atoms with Gasteiger partial charge >= 0.3 is 0 Å². The fraction of sp³-hybridized carbons (Fsp3) is 0.500. The zero-order chi connectivity index (χ0) is 13.1. The molecule has 2 rings (SSSR count). The van der Waals surface area contributed by atoms with Gasteiger partial charge in [-0.15, -0.1) is 0 Å². The van der Waals surface area contributed by atoms with Crippen LogP contribution in [0.2, 0.25) is 0 Å². The Morgan fingerprint density at radius 3 is 2.94 bits per heavy atom. The SMILES string of the molecule is CC(CO)CN1C(=O)C(C)NCc2ccccc21. The van der Waals surface area contributed by atoms with Crippen molar-refractivity contribution in [1.82, 2.24) is 5.32 Å². The molecule has 2 N–H and O–H groups in total. The number of aliphatic hydroxyl groups excluding tert-OH is 1. The van der Waals surface area contributed by atoms with Gasteiger partial charge in [0, 0.05) is 25.4 Å². The van der Waals surface area contributed by atoms with Gasteiger partial charge in [-0.1, -0.05) is 25.1 Å². The minimum Gasteiger partial charge on any atom is -0.396 e. The van der Waals surface area contributed by atoms with Crippen LogP contribution in [0.5, 0.6) is 0 Å². The Morgan fingerprint density at radius 1 is 1.50 bits per heavy atom. The van der Waals surface area contributed by atoms with E-state index in [2.05, 4.69) is 5.32 Å². The molecule has 1 amide bonds. The summed E-state index contributed by atoms with van der Waals surface area (Å²) < 4.78 is 0. The Bertz CT molecular complexity index is 434. The predicted molar refractivity (Wildman–Crippen MR) is 71.3 cm³/mol. The van der Waals surface area contributed by atoms with E-state index in [0.717, 1.165) is 11.3 Å². The summed E-state index contributed by atoms with van der Waals surface area (Å²) in [6.45, 7) is 5.17. The summed E-state index contributed by atoms with van der Waals surface area (Å²) in [5.74, 6) is 0.146. The summed E-state index contributed by atoms with van der Waals surface area (Å²) in [5.41, 5.74) is 2.08. The Balaban J connectivity index is 2.35. The Hall–Kier alpha value is -1.39. The van der Waals surface area contributed by atoms with Crippen LogP contribution in [0.25, 0.3) is 0 Å². The average Bonchev–Trinajstić information content (AvgIpc) is 2.51. The van der Waals surface area contributed by atoms with Crippen LogP contribution < -0.4 is 10.2 Å². The second-order valence-electron chi connectivity index (χ2n) is 4.97. The van der Waals surface area contributed by atoms with Gasteiger partial charge in [0.25, 0.3) is 0 Å². The first-order valence-electron chi connectivity index (χ1n) is 6.37. The van der Waals surface area contributed by atoms with Crippen molar-refractivity contribution in [2.75, 3.05) is 18.1 Å². The second-order valence-corrected chi connectivity index (χ2v) is 4.97. The average molecular weight is 248 g/mol. The van der Waals surface area contributed by atoms with Gasteiger partial charge < -0.3 is 15.3 Å². The highest BCUT2D eigenvalue weighted by atomic mass is 16.3. The number of amides is 1. The maximum absolute atomic E-state index is 12.3. The molecule has 98 valence electrons. The minimum absolute atomic E-state index is 0.0697. The lowest BCUT2D eigenvalue weighted by Crippen LogP contribution is -2.44. The summed E-state index contributed by atoms with van der Waals surface area (Å²) in [6, 6.07) is 7.73. The number of aliphatic hydroxyl groups is 1. The van der Waals surface area contributed by atoms with Crippen LogP contribution in [0.1, 0.15) is 19.4 Å². The van der Waals surface area contributed by atoms with Crippen molar-refractivity contribution in [3.63, 3.8) is 0 Å². The predicted octanol–water partition coefficient (Wildman–Crippen LogP) is 1.14. The van der Waals surface area contributed by atoms with Crippen molar-refractivity contribution in [2.45, 2.75) is 26.4 Å².